The van der Waals surface area contributed by atoms with E-state index in [9.17, 15) is 18.0 Å². The van der Waals surface area contributed by atoms with Gasteiger partial charge in [-0.05, 0) is 37.9 Å². The van der Waals surface area contributed by atoms with Crippen LogP contribution in [0.15, 0.2) is 61.2 Å². The van der Waals surface area contributed by atoms with Crippen molar-refractivity contribution in [2.24, 2.45) is 0 Å². The molecule has 7 nitrogen and oxygen atoms in total. The van der Waals surface area contributed by atoms with Crippen molar-refractivity contribution in [2.45, 2.75) is 12.7 Å². The molecule has 0 saturated carbocycles. The number of alkyl halides is 3. The summed E-state index contributed by atoms with van der Waals surface area (Å²) in [5, 5.41) is 6.29. The number of anilines is 1. The maximum atomic E-state index is 13.7. The average Bonchev–Trinajstić information content (AvgIpc) is 3.26. The van der Waals surface area contributed by atoms with Gasteiger partial charge in [-0.2, -0.15) is 18.3 Å². The lowest BCUT2D eigenvalue weighted by molar-refractivity contribution is -0.136. The number of amides is 2. The second-order valence-corrected chi connectivity index (χ2v) is 7.21. The molecule has 0 aliphatic heterocycles. The van der Waals surface area contributed by atoms with E-state index in [1.807, 2.05) is 49.3 Å². The van der Waals surface area contributed by atoms with E-state index in [1.54, 1.807) is 0 Å². The summed E-state index contributed by atoms with van der Waals surface area (Å²) in [6.45, 7) is 1.20. The van der Waals surface area contributed by atoms with Crippen molar-refractivity contribution < 1.29 is 18.0 Å². The van der Waals surface area contributed by atoms with Gasteiger partial charge < -0.3 is 15.1 Å². The predicted octanol–water partition coefficient (Wildman–Crippen LogP) is 3.88. The Kier molecular flexibility index (Phi) is 6.91. The number of nitrogens with zero attached hydrogens (tertiary/aromatic N) is 5. The number of nitrogens with one attached hydrogen (secondary N) is 1. The standard InChI is InChI=1S/C21H23F3N6O/c1-28(2)10-11-29(13-16-6-4-3-5-7-16)20(31)27-19-9-8-17(30-15-25-14-26-30)12-18(19)21(22,23)24/h3-9,12,14-15H,10-11,13H2,1-2H3,(H,27,31). The molecular weight excluding hydrogens is 409 g/mol. The number of benzene rings is 2. The van der Waals surface area contributed by atoms with Crippen molar-refractivity contribution in [2.75, 3.05) is 32.5 Å². The van der Waals surface area contributed by atoms with Crippen LogP contribution in [-0.4, -0.2) is 57.8 Å². The van der Waals surface area contributed by atoms with Gasteiger partial charge in [0.15, 0.2) is 0 Å². The van der Waals surface area contributed by atoms with E-state index in [-0.39, 0.29) is 17.9 Å². The number of hydrogen-bond acceptors (Lipinski definition) is 4. The van der Waals surface area contributed by atoms with Crippen LogP contribution in [0.1, 0.15) is 11.1 Å². The van der Waals surface area contributed by atoms with Crippen molar-refractivity contribution in [3.63, 3.8) is 0 Å². The highest BCUT2D eigenvalue weighted by molar-refractivity contribution is 5.90. The Morgan fingerprint density at radius 2 is 1.84 bits per heavy atom. The van der Waals surface area contributed by atoms with Crippen LogP contribution in [0.25, 0.3) is 5.69 Å². The molecule has 31 heavy (non-hydrogen) atoms. The quantitative estimate of drug-likeness (QED) is 0.615. The Bertz CT molecular complexity index is 990. The number of likely N-dealkylation sites (N-methyl/N-ethyl adjacent to an activating group) is 1. The molecule has 1 N–H and O–H groups in total. The third-order valence-corrected chi connectivity index (χ3v) is 4.55. The van der Waals surface area contributed by atoms with E-state index >= 15 is 0 Å². The van der Waals surface area contributed by atoms with Crippen LogP contribution in [0.2, 0.25) is 0 Å². The molecular formula is C21H23F3N6O. The summed E-state index contributed by atoms with van der Waals surface area (Å²) in [5.74, 6) is 0. The lowest BCUT2D eigenvalue weighted by Crippen LogP contribution is -2.39. The first kappa shape index (κ1) is 22.3. The van der Waals surface area contributed by atoms with Crippen LogP contribution in [0.4, 0.5) is 23.7 Å². The molecule has 1 aromatic heterocycles. The topological polar surface area (TPSA) is 66.3 Å². The van der Waals surface area contributed by atoms with E-state index in [1.165, 1.54) is 34.4 Å². The van der Waals surface area contributed by atoms with Crippen LogP contribution in [0, 0.1) is 0 Å². The van der Waals surface area contributed by atoms with Crippen molar-refractivity contribution in [3.8, 4) is 5.69 Å². The minimum atomic E-state index is -4.66. The monoisotopic (exact) mass is 432 g/mol. The lowest BCUT2D eigenvalue weighted by Gasteiger charge is -2.26. The van der Waals surface area contributed by atoms with Gasteiger partial charge >= 0.3 is 12.2 Å². The van der Waals surface area contributed by atoms with E-state index in [2.05, 4.69) is 15.4 Å². The van der Waals surface area contributed by atoms with Crippen molar-refractivity contribution in [3.05, 3.63) is 72.3 Å². The highest BCUT2D eigenvalue weighted by atomic mass is 19.4. The zero-order valence-corrected chi connectivity index (χ0v) is 17.2. The van der Waals surface area contributed by atoms with Gasteiger partial charge in [-0.3, -0.25) is 0 Å². The molecule has 0 aliphatic carbocycles. The zero-order valence-electron chi connectivity index (χ0n) is 17.2. The minimum Gasteiger partial charge on any atom is -0.319 e. The van der Waals surface area contributed by atoms with Crippen molar-refractivity contribution in [1.29, 1.82) is 0 Å². The molecule has 0 bridgehead atoms. The van der Waals surface area contributed by atoms with Gasteiger partial charge in [0.05, 0.1) is 16.9 Å². The van der Waals surface area contributed by atoms with Gasteiger partial charge in [0.1, 0.15) is 12.7 Å². The number of hydrogen-bond donors (Lipinski definition) is 1. The Hall–Kier alpha value is -3.40. The molecule has 0 atom stereocenters. The first-order chi connectivity index (χ1) is 14.7. The fourth-order valence-electron chi connectivity index (χ4n) is 2.93. The summed E-state index contributed by atoms with van der Waals surface area (Å²) in [5.41, 5.74) is -0.198. The number of rotatable bonds is 7. The Morgan fingerprint density at radius 3 is 2.45 bits per heavy atom. The smallest absolute Gasteiger partial charge is 0.319 e. The van der Waals surface area contributed by atoms with E-state index in [0.29, 0.717) is 13.1 Å². The molecule has 0 saturated heterocycles. The molecule has 3 aromatic rings. The minimum absolute atomic E-state index is 0.191. The largest absolute Gasteiger partial charge is 0.418 e. The van der Waals surface area contributed by atoms with E-state index in [0.717, 1.165) is 11.6 Å². The van der Waals surface area contributed by atoms with Crippen LogP contribution in [0.5, 0.6) is 0 Å². The fourth-order valence-corrected chi connectivity index (χ4v) is 2.93. The Morgan fingerprint density at radius 1 is 1.10 bits per heavy atom. The first-order valence-corrected chi connectivity index (χ1v) is 9.55. The SMILES string of the molecule is CN(C)CCN(Cc1ccccc1)C(=O)Nc1ccc(-n2cncn2)cc1C(F)(F)F. The average molecular weight is 432 g/mol. The highest BCUT2D eigenvalue weighted by Gasteiger charge is 2.35. The molecule has 2 amide bonds. The lowest BCUT2D eigenvalue weighted by atomic mass is 10.1. The number of carbonyl (C=O) groups excluding carboxylic acids is 1. The number of carbonyl (C=O) groups is 1. The maximum Gasteiger partial charge on any atom is 0.418 e. The molecule has 2 aromatic carbocycles. The van der Waals surface area contributed by atoms with E-state index in [4.69, 9.17) is 0 Å². The van der Waals surface area contributed by atoms with Crippen molar-refractivity contribution >= 4 is 11.7 Å². The summed E-state index contributed by atoms with van der Waals surface area (Å²) in [4.78, 5) is 20.1. The van der Waals surface area contributed by atoms with E-state index < -0.39 is 17.8 Å². The zero-order chi connectivity index (χ0) is 22.4. The summed E-state index contributed by atoms with van der Waals surface area (Å²) in [6, 6.07) is 12.3. The maximum absolute atomic E-state index is 13.7. The van der Waals surface area contributed by atoms with Gasteiger partial charge in [0.2, 0.25) is 0 Å². The second-order valence-electron chi connectivity index (χ2n) is 7.21. The molecule has 0 aliphatic rings. The van der Waals surface area contributed by atoms with Crippen LogP contribution in [-0.2, 0) is 12.7 Å². The Labute approximate surface area is 178 Å². The molecule has 164 valence electrons. The van der Waals surface area contributed by atoms with Gasteiger partial charge in [0.25, 0.3) is 0 Å². The molecule has 0 radical (unpaired) electrons. The fraction of sp³-hybridized carbons (Fsp3) is 0.286. The molecule has 0 fully saturated rings. The van der Waals surface area contributed by atoms with Crippen LogP contribution in [0.3, 0.4) is 0 Å². The molecule has 3 rings (SSSR count). The summed E-state index contributed by atoms with van der Waals surface area (Å²) in [6.07, 6.45) is -2.13. The van der Waals surface area contributed by atoms with Crippen molar-refractivity contribution in [1.82, 2.24) is 24.6 Å². The molecule has 10 heteroatoms. The summed E-state index contributed by atoms with van der Waals surface area (Å²) < 4.78 is 42.3. The highest BCUT2D eigenvalue weighted by Crippen LogP contribution is 2.36. The van der Waals surface area contributed by atoms with Gasteiger partial charge in [-0.25, -0.2) is 14.5 Å². The number of urea groups is 1. The van der Waals surface area contributed by atoms with Gasteiger partial charge in [0, 0.05) is 19.6 Å². The summed E-state index contributed by atoms with van der Waals surface area (Å²) >= 11 is 0. The van der Waals surface area contributed by atoms with Crippen LogP contribution < -0.4 is 5.32 Å². The van der Waals surface area contributed by atoms with Gasteiger partial charge in [-0.1, -0.05) is 30.3 Å². The van der Waals surface area contributed by atoms with Gasteiger partial charge in [-0.15, -0.1) is 0 Å². The number of halogens is 3. The third-order valence-electron chi connectivity index (χ3n) is 4.55. The predicted molar refractivity (Wildman–Crippen MR) is 111 cm³/mol. The van der Waals surface area contributed by atoms with Crippen LogP contribution >= 0.6 is 0 Å². The number of aromatic nitrogens is 3. The molecule has 0 unspecified atom stereocenters. The third kappa shape index (κ3) is 6.05. The first-order valence-electron chi connectivity index (χ1n) is 9.55. The molecule has 1 heterocycles. The normalized spacial score (nSPS) is 11.5. The second kappa shape index (κ2) is 9.61. The summed E-state index contributed by atoms with van der Waals surface area (Å²) in [7, 11) is 3.73. The molecule has 0 spiro atoms. The Balaban J connectivity index is 1.86.